The first-order chi connectivity index (χ1) is 13.4. The summed E-state index contributed by atoms with van der Waals surface area (Å²) in [7, 11) is 2.05. The van der Waals surface area contributed by atoms with Crippen LogP contribution in [0.15, 0.2) is 41.6 Å². The molecule has 1 fully saturated rings. The molecule has 6 nitrogen and oxygen atoms in total. The van der Waals surface area contributed by atoms with E-state index >= 15 is 0 Å². The van der Waals surface area contributed by atoms with Crippen molar-refractivity contribution in [3.8, 4) is 0 Å². The predicted molar refractivity (Wildman–Crippen MR) is 109 cm³/mol. The van der Waals surface area contributed by atoms with Gasteiger partial charge in [-0.15, -0.1) is 0 Å². The molecule has 1 amide bonds. The largest absolute Gasteiger partial charge is 0.340 e. The Balaban J connectivity index is 1.81. The van der Waals surface area contributed by atoms with E-state index in [2.05, 4.69) is 11.5 Å². The normalized spacial score (nSPS) is 16.0. The molecule has 0 aliphatic carbocycles. The highest BCUT2D eigenvalue weighted by atomic mass is 19.1. The number of halogens is 1. The van der Waals surface area contributed by atoms with E-state index in [1.807, 2.05) is 18.9 Å². The van der Waals surface area contributed by atoms with Crippen molar-refractivity contribution >= 4 is 17.5 Å². The number of hydrogen-bond donors (Lipinski definition) is 0. The van der Waals surface area contributed by atoms with Gasteiger partial charge in [0.2, 0.25) is 5.91 Å². The molecular formula is C21H27FN4O2. The second-order valence-electron chi connectivity index (χ2n) is 7.21. The van der Waals surface area contributed by atoms with Crippen LogP contribution in [-0.4, -0.2) is 57.9 Å². The van der Waals surface area contributed by atoms with Crippen LogP contribution in [-0.2, 0) is 11.3 Å². The lowest BCUT2D eigenvalue weighted by molar-refractivity contribution is -0.132. The van der Waals surface area contributed by atoms with E-state index in [9.17, 15) is 14.0 Å². The van der Waals surface area contributed by atoms with Crippen molar-refractivity contribution in [1.29, 1.82) is 0 Å². The highest BCUT2D eigenvalue weighted by molar-refractivity contribution is 5.76. The number of amides is 1. The van der Waals surface area contributed by atoms with Gasteiger partial charge in [0.15, 0.2) is 0 Å². The fourth-order valence-electron chi connectivity index (χ4n) is 3.61. The molecule has 0 unspecified atom stereocenters. The smallest absolute Gasteiger partial charge is 0.275 e. The van der Waals surface area contributed by atoms with Gasteiger partial charge in [-0.1, -0.05) is 6.58 Å². The van der Waals surface area contributed by atoms with Gasteiger partial charge in [-0.2, -0.15) is 0 Å². The van der Waals surface area contributed by atoms with Gasteiger partial charge < -0.3 is 18.8 Å². The molecular weight excluding hydrogens is 359 g/mol. The Morgan fingerprint density at radius 1 is 1.29 bits per heavy atom. The average molecular weight is 386 g/mol. The van der Waals surface area contributed by atoms with Crippen molar-refractivity contribution in [2.45, 2.75) is 26.3 Å². The first kappa shape index (κ1) is 20.1. The summed E-state index contributed by atoms with van der Waals surface area (Å²) in [4.78, 5) is 29.4. The first-order valence-corrected chi connectivity index (χ1v) is 9.58. The summed E-state index contributed by atoms with van der Waals surface area (Å²) in [6.07, 6.45) is 5.12. The molecule has 1 saturated heterocycles. The van der Waals surface area contributed by atoms with Gasteiger partial charge in [0.25, 0.3) is 5.56 Å². The minimum Gasteiger partial charge on any atom is -0.340 e. The molecule has 2 aromatic rings. The number of carbonyl (C=O) groups excluding carboxylic acids is 1. The van der Waals surface area contributed by atoms with Crippen molar-refractivity contribution in [2.75, 3.05) is 33.2 Å². The van der Waals surface area contributed by atoms with Crippen LogP contribution < -0.4 is 5.56 Å². The zero-order valence-electron chi connectivity index (χ0n) is 16.5. The van der Waals surface area contributed by atoms with E-state index in [0.29, 0.717) is 30.6 Å². The molecule has 0 N–H and O–H groups in total. The van der Waals surface area contributed by atoms with Crippen LogP contribution in [0.5, 0.6) is 0 Å². The maximum absolute atomic E-state index is 13.9. The van der Waals surface area contributed by atoms with Crippen molar-refractivity contribution < 1.29 is 9.18 Å². The molecule has 0 spiro atoms. The third kappa shape index (κ3) is 4.09. The number of fused-ring (bicyclic) bond motifs is 1. The maximum Gasteiger partial charge on any atom is 0.275 e. The number of piperazine rings is 1. The van der Waals surface area contributed by atoms with E-state index in [0.717, 1.165) is 37.9 Å². The number of rotatable bonds is 6. The third-order valence-corrected chi connectivity index (χ3v) is 5.33. The zero-order valence-corrected chi connectivity index (χ0v) is 16.5. The van der Waals surface area contributed by atoms with E-state index in [1.54, 1.807) is 27.3 Å². The molecule has 0 aromatic carbocycles. The van der Waals surface area contributed by atoms with Gasteiger partial charge in [-0.25, -0.2) is 4.39 Å². The van der Waals surface area contributed by atoms with E-state index in [4.69, 9.17) is 0 Å². The van der Waals surface area contributed by atoms with Gasteiger partial charge in [-0.05, 0) is 44.7 Å². The van der Waals surface area contributed by atoms with Crippen molar-refractivity contribution in [2.24, 2.45) is 0 Å². The SMILES string of the molecule is C=C/C(F)=C\c1c(C)n2cccc2c(=O)n1CCCC(=O)N1CCN(C)CC1. The number of allylic oxidation sites excluding steroid dienone is 2. The Bertz CT molecular complexity index is 965. The number of aryl methyl sites for hydroxylation is 1. The molecule has 7 heteroatoms. The summed E-state index contributed by atoms with van der Waals surface area (Å²) in [6, 6.07) is 3.54. The van der Waals surface area contributed by atoms with E-state index in [1.165, 1.54) is 6.08 Å². The van der Waals surface area contributed by atoms with Crippen LogP contribution in [0, 0.1) is 6.92 Å². The minimum absolute atomic E-state index is 0.107. The summed E-state index contributed by atoms with van der Waals surface area (Å²) < 4.78 is 17.2. The Kier molecular flexibility index (Phi) is 6.14. The van der Waals surface area contributed by atoms with Gasteiger partial charge in [0.1, 0.15) is 11.3 Å². The monoisotopic (exact) mass is 386 g/mol. The topological polar surface area (TPSA) is 50.0 Å². The molecule has 150 valence electrons. The Labute approximate surface area is 164 Å². The summed E-state index contributed by atoms with van der Waals surface area (Å²) >= 11 is 0. The summed E-state index contributed by atoms with van der Waals surface area (Å²) in [6.45, 7) is 8.89. The van der Waals surface area contributed by atoms with Crippen molar-refractivity contribution in [3.05, 3.63) is 58.6 Å². The van der Waals surface area contributed by atoms with Gasteiger partial charge in [0, 0.05) is 51.0 Å². The number of carbonyl (C=O) groups is 1. The van der Waals surface area contributed by atoms with Crippen LogP contribution >= 0.6 is 0 Å². The molecule has 2 aromatic heterocycles. The Hall–Kier alpha value is -2.67. The van der Waals surface area contributed by atoms with Crippen molar-refractivity contribution in [3.63, 3.8) is 0 Å². The van der Waals surface area contributed by atoms with Crippen LogP contribution in [0.2, 0.25) is 0 Å². The number of nitrogens with zero attached hydrogens (tertiary/aromatic N) is 4. The summed E-state index contributed by atoms with van der Waals surface area (Å²) in [5.74, 6) is -0.396. The standard InChI is InChI=1S/C21H27FN4O2/c1-4-17(22)15-19-16(2)25-9-5-7-18(25)21(28)26(19)10-6-8-20(27)24-13-11-23(3)12-14-24/h4-5,7,9,15H,1,6,8,10-14H2,2-3H3/b17-15+. The zero-order chi connectivity index (χ0) is 20.3. The average Bonchev–Trinajstić information content (AvgIpc) is 3.18. The fraction of sp³-hybridized carbons (Fsp3) is 0.429. The molecule has 1 aliphatic heterocycles. The van der Waals surface area contributed by atoms with Crippen molar-refractivity contribution in [1.82, 2.24) is 18.8 Å². The van der Waals surface area contributed by atoms with Gasteiger partial charge >= 0.3 is 0 Å². The number of aromatic nitrogens is 2. The maximum atomic E-state index is 13.9. The van der Waals surface area contributed by atoms with Crippen LogP contribution in [0.4, 0.5) is 4.39 Å². The highest BCUT2D eigenvalue weighted by Gasteiger charge is 2.19. The van der Waals surface area contributed by atoms with E-state index < -0.39 is 5.83 Å². The Morgan fingerprint density at radius 3 is 2.68 bits per heavy atom. The first-order valence-electron chi connectivity index (χ1n) is 9.58. The molecule has 3 heterocycles. The van der Waals surface area contributed by atoms with Gasteiger partial charge in [0.05, 0.1) is 5.69 Å². The van der Waals surface area contributed by atoms with E-state index in [-0.39, 0.29) is 11.5 Å². The molecule has 0 atom stereocenters. The second-order valence-corrected chi connectivity index (χ2v) is 7.21. The fourth-order valence-corrected chi connectivity index (χ4v) is 3.61. The molecule has 28 heavy (non-hydrogen) atoms. The summed E-state index contributed by atoms with van der Waals surface area (Å²) in [5, 5.41) is 0. The van der Waals surface area contributed by atoms with Crippen LogP contribution in [0.1, 0.15) is 24.2 Å². The number of hydrogen-bond acceptors (Lipinski definition) is 3. The lowest BCUT2D eigenvalue weighted by Gasteiger charge is -2.32. The molecule has 0 saturated carbocycles. The lowest BCUT2D eigenvalue weighted by atomic mass is 10.2. The predicted octanol–water partition coefficient (Wildman–Crippen LogP) is 2.46. The number of likely N-dealkylation sites (N-methyl/N-ethyl adjacent to an activating group) is 1. The quantitative estimate of drug-likeness (QED) is 0.717. The van der Waals surface area contributed by atoms with Gasteiger partial charge in [-0.3, -0.25) is 9.59 Å². The lowest BCUT2D eigenvalue weighted by Crippen LogP contribution is -2.47. The molecule has 1 aliphatic rings. The van der Waals surface area contributed by atoms with Crippen LogP contribution in [0.3, 0.4) is 0 Å². The molecule has 3 rings (SSSR count). The third-order valence-electron chi connectivity index (χ3n) is 5.33. The molecule has 0 radical (unpaired) electrons. The highest BCUT2D eigenvalue weighted by Crippen LogP contribution is 2.16. The van der Waals surface area contributed by atoms with Crippen LogP contribution in [0.25, 0.3) is 11.6 Å². The molecule has 0 bridgehead atoms. The second kappa shape index (κ2) is 8.56. The minimum atomic E-state index is -0.503. The summed E-state index contributed by atoms with van der Waals surface area (Å²) in [5.41, 5.74) is 1.62. The Morgan fingerprint density at radius 2 is 2.00 bits per heavy atom.